The fourth-order valence-electron chi connectivity index (χ4n) is 1.87. The van der Waals surface area contributed by atoms with E-state index in [1.165, 1.54) is 6.42 Å². The van der Waals surface area contributed by atoms with Crippen LogP contribution in [0.3, 0.4) is 0 Å². The predicted octanol–water partition coefficient (Wildman–Crippen LogP) is 1.73. The Morgan fingerprint density at radius 1 is 1.47 bits per heavy atom. The van der Waals surface area contributed by atoms with Crippen molar-refractivity contribution in [3.63, 3.8) is 0 Å². The van der Waals surface area contributed by atoms with Crippen molar-refractivity contribution in [2.75, 3.05) is 26.8 Å². The first-order valence-electron chi connectivity index (χ1n) is 6.45. The average Bonchev–Trinajstić information content (AvgIpc) is 2.79. The molecule has 1 saturated heterocycles. The van der Waals surface area contributed by atoms with Crippen molar-refractivity contribution in [1.29, 1.82) is 0 Å². The lowest BCUT2D eigenvalue weighted by atomic mass is 10.0. The molecule has 0 aromatic rings. The molecule has 0 bridgehead atoms. The lowest BCUT2D eigenvalue weighted by molar-refractivity contribution is -0.145. The number of carbonyl (C=O) groups excluding carboxylic acids is 1. The Morgan fingerprint density at radius 2 is 2.24 bits per heavy atom. The fraction of sp³-hybridized carbons (Fsp3) is 0.923. The van der Waals surface area contributed by atoms with E-state index in [1.54, 1.807) is 7.11 Å². The van der Waals surface area contributed by atoms with Crippen molar-refractivity contribution in [2.45, 2.75) is 45.1 Å². The smallest absolute Gasteiger partial charge is 0.305 e. The minimum absolute atomic E-state index is 0.0798. The molecule has 17 heavy (non-hydrogen) atoms. The Morgan fingerprint density at radius 3 is 2.82 bits per heavy atom. The second-order valence-corrected chi connectivity index (χ2v) is 5.33. The van der Waals surface area contributed by atoms with Gasteiger partial charge in [0.1, 0.15) is 0 Å². The highest BCUT2D eigenvalue weighted by atomic mass is 16.5. The van der Waals surface area contributed by atoms with E-state index in [0.717, 1.165) is 25.9 Å². The van der Waals surface area contributed by atoms with Gasteiger partial charge < -0.3 is 14.8 Å². The molecule has 0 amide bonds. The van der Waals surface area contributed by atoms with Crippen molar-refractivity contribution in [1.82, 2.24) is 5.32 Å². The normalized spacial score (nSPS) is 20.5. The standard InChI is InChI=1S/C13H25NO3/c1-13(2,16-3)7-9-17-12(15)5-4-11-6-8-14-10-11/h11,14H,4-10H2,1-3H3. The number of nitrogens with one attached hydrogen (secondary N) is 1. The summed E-state index contributed by atoms with van der Waals surface area (Å²) >= 11 is 0. The highest BCUT2D eigenvalue weighted by molar-refractivity contribution is 5.69. The van der Waals surface area contributed by atoms with Gasteiger partial charge in [-0.2, -0.15) is 0 Å². The van der Waals surface area contributed by atoms with Crippen LogP contribution < -0.4 is 5.32 Å². The molecule has 0 aromatic carbocycles. The molecule has 1 rings (SSSR count). The second-order valence-electron chi connectivity index (χ2n) is 5.33. The van der Waals surface area contributed by atoms with Crippen LogP contribution in [-0.4, -0.2) is 38.4 Å². The van der Waals surface area contributed by atoms with Gasteiger partial charge in [-0.15, -0.1) is 0 Å². The number of hydrogen-bond donors (Lipinski definition) is 1. The van der Waals surface area contributed by atoms with E-state index in [-0.39, 0.29) is 11.6 Å². The van der Waals surface area contributed by atoms with Crippen LogP contribution in [0.15, 0.2) is 0 Å². The first-order chi connectivity index (χ1) is 8.03. The van der Waals surface area contributed by atoms with E-state index in [9.17, 15) is 4.79 Å². The first kappa shape index (κ1) is 14.5. The Hall–Kier alpha value is -0.610. The number of hydrogen-bond acceptors (Lipinski definition) is 4. The fourth-order valence-corrected chi connectivity index (χ4v) is 1.87. The van der Waals surface area contributed by atoms with Gasteiger partial charge in [-0.3, -0.25) is 4.79 Å². The Balaban J connectivity index is 2.04. The van der Waals surface area contributed by atoms with Crippen LogP contribution in [0.1, 0.15) is 39.5 Å². The van der Waals surface area contributed by atoms with Gasteiger partial charge in [0.05, 0.1) is 12.2 Å². The van der Waals surface area contributed by atoms with Gasteiger partial charge in [-0.25, -0.2) is 0 Å². The van der Waals surface area contributed by atoms with Crippen molar-refractivity contribution in [2.24, 2.45) is 5.92 Å². The molecule has 0 saturated carbocycles. The first-order valence-corrected chi connectivity index (χ1v) is 6.45. The summed E-state index contributed by atoms with van der Waals surface area (Å²) in [7, 11) is 1.68. The van der Waals surface area contributed by atoms with Gasteiger partial charge in [0.2, 0.25) is 0 Å². The molecule has 0 spiro atoms. The topological polar surface area (TPSA) is 47.6 Å². The molecule has 0 aromatic heterocycles. The minimum atomic E-state index is -0.213. The molecule has 0 radical (unpaired) electrons. The summed E-state index contributed by atoms with van der Waals surface area (Å²) < 4.78 is 10.5. The molecule has 1 aliphatic heterocycles. The molecular formula is C13H25NO3. The molecule has 4 heteroatoms. The van der Waals surface area contributed by atoms with Crippen molar-refractivity contribution in [3.05, 3.63) is 0 Å². The zero-order valence-electron chi connectivity index (χ0n) is 11.3. The van der Waals surface area contributed by atoms with Gasteiger partial charge in [0.25, 0.3) is 0 Å². The third-order valence-corrected chi connectivity index (χ3v) is 3.44. The summed E-state index contributed by atoms with van der Waals surface area (Å²) in [4.78, 5) is 11.5. The summed E-state index contributed by atoms with van der Waals surface area (Å²) in [5.41, 5.74) is -0.213. The third-order valence-electron chi connectivity index (χ3n) is 3.44. The Labute approximate surface area is 104 Å². The average molecular weight is 243 g/mol. The summed E-state index contributed by atoms with van der Waals surface area (Å²) in [6.07, 6.45) is 3.41. The molecular weight excluding hydrogens is 218 g/mol. The number of carbonyl (C=O) groups is 1. The SMILES string of the molecule is COC(C)(C)CCOC(=O)CCC1CCNC1. The molecule has 1 unspecified atom stereocenters. The summed E-state index contributed by atoms with van der Waals surface area (Å²) in [5.74, 6) is 0.571. The van der Waals surface area contributed by atoms with Crippen LogP contribution in [0.4, 0.5) is 0 Å². The highest BCUT2D eigenvalue weighted by Crippen LogP contribution is 2.16. The van der Waals surface area contributed by atoms with Crippen molar-refractivity contribution >= 4 is 5.97 Å². The molecule has 1 fully saturated rings. The van der Waals surface area contributed by atoms with Gasteiger partial charge in [-0.05, 0) is 45.7 Å². The maximum absolute atomic E-state index is 11.5. The molecule has 1 N–H and O–H groups in total. The lowest BCUT2D eigenvalue weighted by Crippen LogP contribution is -2.25. The second kappa shape index (κ2) is 6.97. The number of esters is 1. The van der Waals surface area contributed by atoms with Gasteiger partial charge in [0.15, 0.2) is 0 Å². The van der Waals surface area contributed by atoms with Gasteiger partial charge in [-0.1, -0.05) is 0 Å². The molecule has 1 heterocycles. The van der Waals surface area contributed by atoms with Crippen LogP contribution in [0.5, 0.6) is 0 Å². The molecule has 0 aliphatic carbocycles. The van der Waals surface area contributed by atoms with E-state index in [0.29, 0.717) is 18.9 Å². The van der Waals surface area contributed by atoms with Crippen molar-refractivity contribution < 1.29 is 14.3 Å². The summed E-state index contributed by atoms with van der Waals surface area (Å²) in [6.45, 7) is 6.56. The van der Waals surface area contributed by atoms with Gasteiger partial charge in [0, 0.05) is 20.0 Å². The lowest BCUT2D eigenvalue weighted by Gasteiger charge is -2.22. The summed E-state index contributed by atoms with van der Waals surface area (Å²) in [5, 5.41) is 3.30. The number of ether oxygens (including phenoxy) is 2. The maximum atomic E-state index is 11.5. The highest BCUT2D eigenvalue weighted by Gasteiger charge is 2.18. The molecule has 1 aliphatic rings. The molecule has 4 nitrogen and oxygen atoms in total. The number of rotatable bonds is 7. The van der Waals surface area contributed by atoms with Gasteiger partial charge >= 0.3 is 5.97 Å². The largest absolute Gasteiger partial charge is 0.466 e. The van der Waals surface area contributed by atoms with E-state index >= 15 is 0 Å². The van der Waals surface area contributed by atoms with Crippen LogP contribution in [0, 0.1) is 5.92 Å². The summed E-state index contributed by atoms with van der Waals surface area (Å²) in [6, 6.07) is 0. The van der Waals surface area contributed by atoms with E-state index in [1.807, 2.05) is 13.8 Å². The monoisotopic (exact) mass is 243 g/mol. The zero-order chi connectivity index (χ0) is 12.7. The molecule has 100 valence electrons. The van der Waals surface area contributed by atoms with Crippen LogP contribution >= 0.6 is 0 Å². The van der Waals surface area contributed by atoms with E-state index < -0.39 is 0 Å². The predicted molar refractivity (Wildman–Crippen MR) is 66.9 cm³/mol. The van der Waals surface area contributed by atoms with Crippen molar-refractivity contribution in [3.8, 4) is 0 Å². The van der Waals surface area contributed by atoms with Crippen LogP contribution in [0.25, 0.3) is 0 Å². The quantitative estimate of drug-likeness (QED) is 0.692. The van der Waals surface area contributed by atoms with Crippen LogP contribution in [-0.2, 0) is 14.3 Å². The van der Waals surface area contributed by atoms with E-state index in [2.05, 4.69) is 5.32 Å². The Bertz CT molecular complexity index is 235. The minimum Gasteiger partial charge on any atom is -0.466 e. The third kappa shape index (κ3) is 6.03. The maximum Gasteiger partial charge on any atom is 0.305 e. The van der Waals surface area contributed by atoms with E-state index in [4.69, 9.17) is 9.47 Å². The number of methoxy groups -OCH3 is 1. The van der Waals surface area contributed by atoms with Crippen LogP contribution in [0.2, 0.25) is 0 Å². The Kier molecular flexibility index (Phi) is 5.92. The molecule has 1 atom stereocenters. The zero-order valence-corrected chi connectivity index (χ0v) is 11.3.